The number of rotatable bonds is 2. The third kappa shape index (κ3) is 3.18. The van der Waals surface area contributed by atoms with Crippen LogP contribution in [0.25, 0.3) is 38.8 Å². The van der Waals surface area contributed by atoms with Crippen molar-refractivity contribution in [1.82, 2.24) is 9.55 Å². The molecule has 0 spiro atoms. The van der Waals surface area contributed by atoms with Gasteiger partial charge in [-0.25, -0.2) is 0 Å². The van der Waals surface area contributed by atoms with Gasteiger partial charge in [0.15, 0.2) is 0 Å². The van der Waals surface area contributed by atoms with E-state index in [-0.39, 0.29) is 5.41 Å². The average Bonchev–Trinajstić information content (AvgIpc) is 3.07. The fourth-order valence-corrected chi connectivity index (χ4v) is 4.32. The zero-order chi connectivity index (χ0) is 20.9. The summed E-state index contributed by atoms with van der Waals surface area (Å²) >= 11 is 6.47. The highest BCUT2D eigenvalue weighted by molar-refractivity contribution is 6.31. The van der Waals surface area contributed by atoms with E-state index in [0.29, 0.717) is 0 Å². The summed E-state index contributed by atoms with van der Waals surface area (Å²) in [6, 6.07) is 27.5. The molecule has 0 atom stereocenters. The predicted octanol–water partition coefficient (Wildman–Crippen LogP) is 7.80. The maximum absolute atomic E-state index is 6.47. The lowest BCUT2D eigenvalue weighted by atomic mass is 9.86. The number of nitrogens with zero attached hydrogens (tertiary/aromatic N) is 2. The first-order valence-electron chi connectivity index (χ1n) is 10.2. The number of benzene rings is 3. The van der Waals surface area contributed by atoms with Gasteiger partial charge >= 0.3 is 0 Å². The highest BCUT2D eigenvalue weighted by Gasteiger charge is 2.17. The first-order valence-corrected chi connectivity index (χ1v) is 10.6. The van der Waals surface area contributed by atoms with Crippen molar-refractivity contribution >= 4 is 33.4 Å². The molecule has 2 heterocycles. The lowest BCUT2D eigenvalue weighted by Crippen LogP contribution is -2.11. The molecule has 5 aromatic rings. The molecular weight excluding hydrogens is 388 g/mol. The van der Waals surface area contributed by atoms with Gasteiger partial charge in [-0.1, -0.05) is 68.8 Å². The number of para-hydroxylation sites is 2. The van der Waals surface area contributed by atoms with Crippen molar-refractivity contribution in [1.29, 1.82) is 0 Å². The number of hydrogen-bond donors (Lipinski definition) is 0. The average molecular weight is 411 g/mol. The molecule has 2 nitrogen and oxygen atoms in total. The van der Waals surface area contributed by atoms with E-state index >= 15 is 0 Å². The van der Waals surface area contributed by atoms with Crippen LogP contribution in [0.4, 0.5) is 0 Å². The van der Waals surface area contributed by atoms with Gasteiger partial charge < -0.3 is 4.57 Å². The van der Waals surface area contributed by atoms with Crippen LogP contribution in [0.5, 0.6) is 0 Å². The summed E-state index contributed by atoms with van der Waals surface area (Å²) in [6.07, 6.45) is 1.88. The molecular formula is C27H23ClN2. The topological polar surface area (TPSA) is 17.8 Å². The van der Waals surface area contributed by atoms with Crippen LogP contribution in [-0.2, 0) is 5.41 Å². The Morgan fingerprint density at radius 2 is 1.40 bits per heavy atom. The van der Waals surface area contributed by atoms with Gasteiger partial charge in [0.1, 0.15) is 0 Å². The molecule has 0 amide bonds. The Morgan fingerprint density at radius 1 is 0.767 bits per heavy atom. The van der Waals surface area contributed by atoms with E-state index in [1.54, 1.807) is 0 Å². The van der Waals surface area contributed by atoms with E-state index in [0.717, 1.165) is 22.0 Å². The molecule has 0 N–H and O–H groups in total. The van der Waals surface area contributed by atoms with Crippen LogP contribution >= 0.6 is 11.6 Å². The second-order valence-electron chi connectivity index (χ2n) is 8.75. The van der Waals surface area contributed by atoms with Crippen molar-refractivity contribution < 1.29 is 0 Å². The zero-order valence-corrected chi connectivity index (χ0v) is 18.1. The number of pyridine rings is 1. The Labute approximate surface area is 181 Å². The number of aromatic nitrogens is 2. The highest BCUT2D eigenvalue weighted by Crippen LogP contribution is 2.34. The van der Waals surface area contributed by atoms with Crippen molar-refractivity contribution in [2.45, 2.75) is 26.2 Å². The van der Waals surface area contributed by atoms with Crippen molar-refractivity contribution in [3.8, 4) is 16.9 Å². The highest BCUT2D eigenvalue weighted by atomic mass is 35.5. The van der Waals surface area contributed by atoms with Crippen LogP contribution in [0.15, 0.2) is 85.1 Å². The quantitative estimate of drug-likeness (QED) is 0.290. The van der Waals surface area contributed by atoms with E-state index in [1.165, 1.54) is 27.4 Å². The molecule has 0 bridgehead atoms. The fourth-order valence-electron chi connectivity index (χ4n) is 4.09. The summed E-state index contributed by atoms with van der Waals surface area (Å²) in [5.74, 6) is 0. The summed E-state index contributed by atoms with van der Waals surface area (Å²) in [6.45, 7) is 6.60. The standard InChI is InChI=1S/C27H23ClN2/c1-27(2,3)19-14-18(15-20(28)16-19)24-17-21(12-13-29-24)30-25-10-6-4-8-22(25)23-9-5-7-11-26(23)30/h4-17H,1-3H3. The molecule has 2 aromatic heterocycles. The van der Waals surface area contributed by atoms with Gasteiger partial charge in [-0.2, -0.15) is 0 Å². The van der Waals surface area contributed by atoms with Gasteiger partial charge in [0.25, 0.3) is 0 Å². The van der Waals surface area contributed by atoms with E-state index in [4.69, 9.17) is 11.6 Å². The molecule has 148 valence electrons. The van der Waals surface area contributed by atoms with Crippen LogP contribution < -0.4 is 0 Å². The molecule has 5 rings (SSSR count). The van der Waals surface area contributed by atoms with Gasteiger partial charge in [0.05, 0.1) is 16.7 Å². The summed E-state index contributed by atoms with van der Waals surface area (Å²) < 4.78 is 2.31. The molecule has 0 radical (unpaired) electrons. The van der Waals surface area contributed by atoms with Crippen molar-refractivity contribution in [2.24, 2.45) is 0 Å². The van der Waals surface area contributed by atoms with E-state index in [2.05, 4.69) is 97.1 Å². The minimum Gasteiger partial charge on any atom is -0.309 e. The largest absolute Gasteiger partial charge is 0.309 e. The lowest BCUT2D eigenvalue weighted by molar-refractivity contribution is 0.590. The molecule has 0 unspecified atom stereocenters. The maximum Gasteiger partial charge on any atom is 0.0723 e. The predicted molar refractivity (Wildman–Crippen MR) is 128 cm³/mol. The second kappa shape index (κ2) is 7.00. The monoisotopic (exact) mass is 410 g/mol. The molecule has 0 fully saturated rings. The molecule has 3 aromatic carbocycles. The molecule has 3 heteroatoms. The third-order valence-electron chi connectivity index (χ3n) is 5.64. The van der Waals surface area contributed by atoms with Crippen LogP contribution in [-0.4, -0.2) is 9.55 Å². The van der Waals surface area contributed by atoms with E-state index < -0.39 is 0 Å². The first kappa shape index (κ1) is 18.9. The molecule has 0 aliphatic carbocycles. The summed E-state index contributed by atoms with van der Waals surface area (Å²) in [5, 5.41) is 3.25. The number of halogens is 1. The molecule has 0 aliphatic rings. The van der Waals surface area contributed by atoms with Crippen LogP contribution in [0.3, 0.4) is 0 Å². The molecule has 0 saturated carbocycles. The Bertz CT molecular complexity index is 1340. The van der Waals surface area contributed by atoms with E-state index in [1.807, 2.05) is 18.3 Å². The van der Waals surface area contributed by atoms with Gasteiger partial charge in [-0.05, 0) is 53.4 Å². The molecule has 30 heavy (non-hydrogen) atoms. The van der Waals surface area contributed by atoms with Crippen LogP contribution in [0.2, 0.25) is 5.02 Å². The number of hydrogen-bond acceptors (Lipinski definition) is 1. The van der Waals surface area contributed by atoms with Gasteiger partial charge in [0, 0.05) is 33.2 Å². The van der Waals surface area contributed by atoms with Crippen LogP contribution in [0.1, 0.15) is 26.3 Å². The van der Waals surface area contributed by atoms with Crippen LogP contribution in [0, 0.1) is 0 Å². The Hall–Kier alpha value is -3.10. The second-order valence-corrected chi connectivity index (χ2v) is 9.18. The minimum atomic E-state index is 0.0179. The SMILES string of the molecule is CC(C)(C)c1cc(Cl)cc(-c2cc(-n3c4ccccc4c4ccccc43)ccn2)c1. The van der Waals surface area contributed by atoms with Gasteiger partial charge in [-0.15, -0.1) is 0 Å². The van der Waals surface area contributed by atoms with Gasteiger partial charge in [0.2, 0.25) is 0 Å². The Balaban J connectivity index is 1.73. The van der Waals surface area contributed by atoms with Crippen molar-refractivity contribution in [2.75, 3.05) is 0 Å². The maximum atomic E-state index is 6.47. The van der Waals surface area contributed by atoms with Gasteiger partial charge in [-0.3, -0.25) is 4.98 Å². The fraction of sp³-hybridized carbons (Fsp3) is 0.148. The molecule has 0 aliphatic heterocycles. The zero-order valence-electron chi connectivity index (χ0n) is 17.4. The minimum absolute atomic E-state index is 0.0179. The summed E-state index contributed by atoms with van der Waals surface area (Å²) in [4.78, 5) is 4.67. The first-order chi connectivity index (χ1) is 14.4. The summed E-state index contributed by atoms with van der Waals surface area (Å²) in [7, 11) is 0. The molecule has 0 saturated heterocycles. The smallest absolute Gasteiger partial charge is 0.0723 e. The van der Waals surface area contributed by atoms with Crippen molar-refractivity contribution in [3.63, 3.8) is 0 Å². The van der Waals surface area contributed by atoms with E-state index in [9.17, 15) is 0 Å². The number of fused-ring (bicyclic) bond motifs is 3. The third-order valence-corrected chi connectivity index (χ3v) is 5.86. The summed E-state index contributed by atoms with van der Waals surface area (Å²) in [5.41, 5.74) is 6.65. The Kier molecular flexibility index (Phi) is 4.41. The van der Waals surface area contributed by atoms with Crippen molar-refractivity contribution in [3.05, 3.63) is 95.6 Å². The Morgan fingerprint density at radius 3 is 2.03 bits per heavy atom. The normalized spacial score (nSPS) is 12.0. The lowest BCUT2D eigenvalue weighted by Gasteiger charge is -2.20.